The molecule has 2 aromatic heterocycles. The van der Waals surface area contributed by atoms with E-state index in [0.29, 0.717) is 6.42 Å². The molecule has 4 rings (SSSR count). The summed E-state index contributed by atoms with van der Waals surface area (Å²) in [5.41, 5.74) is 5.72. The molecular formula is C23H20ClN3O. The molecule has 28 heavy (non-hydrogen) atoms. The van der Waals surface area contributed by atoms with Gasteiger partial charge in [-0.15, -0.1) is 0 Å². The second-order valence-corrected chi connectivity index (χ2v) is 7.04. The summed E-state index contributed by atoms with van der Waals surface area (Å²) in [6, 6.07) is 21.7. The minimum atomic E-state index is 0.662. The lowest BCUT2D eigenvalue weighted by molar-refractivity contribution is 0.415. The van der Waals surface area contributed by atoms with E-state index in [9.17, 15) is 0 Å². The van der Waals surface area contributed by atoms with Gasteiger partial charge in [-0.05, 0) is 61.0 Å². The third-order valence-electron chi connectivity index (χ3n) is 4.52. The van der Waals surface area contributed by atoms with Crippen LogP contribution >= 0.6 is 11.6 Å². The number of hydrogen-bond acceptors (Lipinski definition) is 3. The van der Waals surface area contributed by atoms with Crippen LogP contribution in [0.1, 0.15) is 17.1 Å². The fourth-order valence-electron chi connectivity index (χ4n) is 3.17. The minimum Gasteiger partial charge on any atom is -0.497 e. The molecule has 4 aromatic rings. The van der Waals surface area contributed by atoms with Gasteiger partial charge >= 0.3 is 0 Å². The molecule has 0 aliphatic rings. The van der Waals surface area contributed by atoms with Crippen LogP contribution < -0.4 is 4.74 Å². The number of imidazole rings is 1. The first-order valence-electron chi connectivity index (χ1n) is 9.04. The highest BCUT2D eigenvalue weighted by atomic mass is 35.5. The van der Waals surface area contributed by atoms with Crippen molar-refractivity contribution in [2.45, 2.75) is 13.3 Å². The Kier molecular flexibility index (Phi) is 5.13. The van der Waals surface area contributed by atoms with Gasteiger partial charge in [0, 0.05) is 22.7 Å². The first-order chi connectivity index (χ1) is 13.6. The van der Waals surface area contributed by atoms with E-state index in [1.54, 1.807) is 7.11 Å². The van der Waals surface area contributed by atoms with Crippen LogP contribution in [0.15, 0.2) is 66.7 Å². The number of aromatic amines is 1. The third-order valence-corrected chi connectivity index (χ3v) is 4.76. The molecule has 2 aromatic carbocycles. The number of halogens is 1. The molecule has 1 N–H and O–H groups in total. The predicted molar refractivity (Wildman–Crippen MR) is 113 cm³/mol. The number of aromatic nitrogens is 3. The standard InChI is InChI=1S/C23H20ClN3O/c1-15-5-3-8-20(25-15)23-22(17-9-11-19(28-2)12-10-17)26-21(27-23)14-16-6-4-7-18(24)13-16/h3-13H,14H2,1-2H3,(H,26,27). The maximum Gasteiger partial charge on any atom is 0.118 e. The second kappa shape index (κ2) is 7.87. The van der Waals surface area contributed by atoms with Crippen molar-refractivity contribution >= 4 is 11.6 Å². The molecule has 4 nitrogen and oxygen atoms in total. The van der Waals surface area contributed by atoms with Crippen molar-refractivity contribution in [1.82, 2.24) is 15.0 Å². The molecule has 0 radical (unpaired) electrons. The van der Waals surface area contributed by atoms with Crippen molar-refractivity contribution in [3.63, 3.8) is 0 Å². The summed E-state index contributed by atoms with van der Waals surface area (Å²) >= 11 is 6.13. The minimum absolute atomic E-state index is 0.662. The molecule has 0 atom stereocenters. The Balaban J connectivity index is 1.79. The summed E-state index contributed by atoms with van der Waals surface area (Å²) in [7, 11) is 1.66. The van der Waals surface area contributed by atoms with Crippen LogP contribution in [0.25, 0.3) is 22.6 Å². The van der Waals surface area contributed by atoms with Crippen molar-refractivity contribution in [3.05, 3.63) is 88.8 Å². The monoisotopic (exact) mass is 389 g/mol. The molecule has 5 heteroatoms. The average Bonchev–Trinajstić information content (AvgIpc) is 3.12. The number of nitrogens with zero attached hydrogens (tertiary/aromatic N) is 2. The largest absolute Gasteiger partial charge is 0.497 e. The number of H-pyrrole nitrogens is 1. The van der Waals surface area contributed by atoms with Crippen LogP contribution in [0.5, 0.6) is 5.75 Å². The molecule has 0 spiro atoms. The topological polar surface area (TPSA) is 50.8 Å². The summed E-state index contributed by atoms with van der Waals surface area (Å²) in [5.74, 6) is 1.68. The van der Waals surface area contributed by atoms with E-state index in [1.165, 1.54) is 0 Å². The molecule has 0 saturated carbocycles. The zero-order chi connectivity index (χ0) is 19.5. The van der Waals surface area contributed by atoms with Crippen LogP contribution in [0.3, 0.4) is 0 Å². The number of methoxy groups -OCH3 is 1. The van der Waals surface area contributed by atoms with Crippen LogP contribution in [0, 0.1) is 6.92 Å². The first-order valence-corrected chi connectivity index (χ1v) is 9.42. The van der Waals surface area contributed by atoms with Gasteiger partial charge in [0.1, 0.15) is 11.6 Å². The Hall–Kier alpha value is -3.11. The summed E-state index contributed by atoms with van der Waals surface area (Å²) in [4.78, 5) is 13.0. The number of nitrogens with one attached hydrogen (secondary N) is 1. The second-order valence-electron chi connectivity index (χ2n) is 6.61. The Morgan fingerprint density at radius 2 is 1.75 bits per heavy atom. The number of rotatable bonds is 5. The van der Waals surface area contributed by atoms with E-state index in [1.807, 2.05) is 73.7 Å². The molecular weight excluding hydrogens is 370 g/mol. The quantitative estimate of drug-likeness (QED) is 0.476. The van der Waals surface area contributed by atoms with Gasteiger partial charge in [0.05, 0.1) is 24.2 Å². The van der Waals surface area contributed by atoms with Crippen molar-refractivity contribution in [1.29, 1.82) is 0 Å². The Labute approximate surface area is 169 Å². The number of pyridine rings is 1. The number of aryl methyl sites for hydroxylation is 1. The lowest BCUT2D eigenvalue weighted by Crippen LogP contribution is -1.91. The van der Waals surface area contributed by atoms with Gasteiger partial charge in [-0.25, -0.2) is 4.98 Å². The van der Waals surface area contributed by atoms with Gasteiger partial charge in [0.15, 0.2) is 0 Å². The van der Waals surface area contributed by atoms with E-state index in [4.69, 9.17) is 21.3 Å². The van der Waals surface area contributed by atoms with E-state index < -0.39 is 0 Å². The fourth-order valence-corrected chi connectivity index (χ4v) is 3.38. The lowest BCUT2D eigenvalue weighted by Gasteiger charge is -2.05. The number of hydrogen-bond donors (Lipinski definition) is 1. The molecule has 0 fully saturated rings. The van der Waals surface area contributed by atoms with E-state index in [-0.39, 0.29) is 0 Å². The highest BCUT2D eigenvalue weighted by Gasteiger charge is 2.16. The van der Waals surface area contributed by atoms with Crippen LogP contribution in [0.4, 0.5) is 0 Å². The van der Waals surface area contributed by atoms with E-state index >= 15 is 0 Å². The highest BCUT2D eigenvalue weighted by molar-refractivity contribution is 6.30. The molecule has 0 aliphatic heterocycles. The van der Waals surface area contributed by atoms with Gasteiger partial charge in [0.25, 0.3) is 0 Å². The van der Waals surface area contributed by atoms with Crippen LogP contribution in [-0.4, -0.2) is 22.1 Å². The van der Waals surface area contributed by atoms with Crippen LogP contribution in [0.2, 0.25) is 5.02 Å². The average molecular weight is 390 g/mol. The van der Waals surface area contributed by atoms with Gasteiger partial charge < -0.3 is 9.72 Å². The van der Waals surface area contributed by atoms with Crippen molar-refractivity contribution in [3.8, 4) is 28.4 Å². The summed E-state index contributed by atoms with van der Waals surface area (Å²) in [5, 5.41) is 0.722. The highest BCUT2D eigenvalue weighted by Crippen LogP contribution is 2.31. The number of benzene rings is 2. The van der Waals surface area contributed by atoms with Gasteiger partial charge in [-0.2, -0.15) is 0 Å². The molecule has 0 amide bonds. The van der Waals surface area contributed by atoms with Gasteiger partial charge in [0.2, 0.25) is 0 Å². The molecule has 2 heterocycles. The predicted octanol–water partition coefficient (Wildman–Crippen LogP) is 5.70. The number of ether oxygens (including phenoxy) is 1. The van der Waals surface area contributed by atoms with Crippen LogP contribution in [-0.2, 0) is 6.42 Å². The Bertz CT molecular complexity index is 1100. The Morgan fingerprint density at radius 3 is 2.46 bits per heavy atom. The van der Waals surface area contributed by atoms with Crippen molar-refractivity contribution in [2.24, 2.45) is 0 Å². The fraction of sp³-hybridized carbons (Fsp3) is 0.130. The molecule has 0 saturated heterocycles. The summed E-state index contributed by atoms with van der Waals surface area (Å²) < 4.78 is 5.28. The molecule has 140 valence electrons. The van der Waals surface area contributed by atoms with Crippen molar-refractivity contribution in [2.75, 3.05) is 7.11 Å². The molecule has 0 aliphatic carbocycles. The smallest absolute Gasteiger partial charge is 0.118 e. The van der Waals surface area contributed by atoms with Gasteiger partial charge in [-0.3, -0.25) is 4.98 Å². The molecule has 0 bridgehead atoms. The van der Waals surface area contributed by atoms with Gasteiger partial charge in [-0.1, -0.05) is 29.8 Å². The summed E-state index contributed by atoms with van der Waals surface area (Å²) in [6.45, 7) is 1.99. The zero-order valence-corrected chi connectivity index (χ0v) is 16.5. The summed E-state index contributed by atoms with van der Waals surface area (Å²) in [6.07, 6.45) is 0.662. The van der Waals surface area contributed by atoms with Crippen molar-refractivity contribution < 1.29 is 4.74 Å². The van der Waals surface area contributed by atoms with E-state index in [0.717, 1.165) is 50.5 Å². The molecule has 0 unspecified atom stereocenters. The first kappa shape index (κ1) is 18.3. The third kappa shape index (κ3) is 3.92. The van der Waals surface area contributed by atoms with E-state index in [2.05, 4.69) is 9.97 Å². The maximum absolute atomic E-state index is 6.13. The normalized spacial score (nSPS) is 10.8. The maximum atomic E-state index is 6.13. The SMILES string of the molecule is COc1ccc(-c2nc(Cc3cccc(Cl)c3)[nH]c2-c2cccc(C)n2)cc1. The Morgan fingerprint density at radius 1 is 0.964 bits per heavy atom. The lowest BCUT2D eigenvalue weighted by atomic mass is 10.1. The zero-order valence-electron chi connectivity index (χ0n) is 15.7.